The van der Waals surface area contributed by atoms with Crippen molar-refractivity contribution >= 4 is 22.8 Å². The predicted molar refractivity (Wildman–Crippen MR) is 75.9 cm³/mol. The molecule has 5 nitrogen and oxygen atoms in total. The second-order valence-electron chi connectivity index (χ2n) is 4.36. The van der Waals surface area contributed by atoms with Crippen molar-refractivity contribution in [2.75, 3.05) is 11.1 Å². The fourth-order valence-corrected chi connectivity index (χ4v) is 2.64. The maximum Gasteiger partial charge on any atom is 0.148 e. The Morgan fingerprint density at radius 1 is 1.56 bits per heavy atom. The van der Waals surface area contributed by atoms with Gasteiger partial charge in [-0.3, -0.25) is 4.68 Å². The van der Waals surface area contributed by atoms with Crippen molar-refractivity contribution in [1.29, 1.82) is 0 Å². The van der Waals surface area contributed by atoms with Gasteiger partial charge >= 0.3 is 0 Å². The van der Waals surface area contributed by atoms with Crippen LogP contribution < -0.4 is 11.1 Å². The van der Waals surface area contributed by atoms with Gasteiger partial charge in [-0.1, -0.05) is 6.92 Å². The molecule has 1 atom stereocenters. The van der Waals surface area contributed by atoms with Crippen molar-refractivity contribution in [3.63, 3.8) is 0 Å². The number of nitrogens with two attached hydrogens (primary N) is 1. The lowest BCUT2D eigenvalue weighted by Crippen LogP contribution is -2.11. The lowest BCUT2D eigenvalue weighted by atomic mass is 10.3. The summed E-state index contributed by atoms with van der Waals surface area (Å²) < 4.78 is 1.80. The molecule has 0 aliphatic heterocycles. The number of hydrogen-bond acceptors (Lipinski definition) is 5. The maximum absolute atomic E-state index is 6.08. The molecule has 0 radical (unpaired) electrons. The van der Waals surface area contributed by atoms with Gasteiger partial charge in [-0.15, -0.1) is 11.3 Å². The number of aryl methyl sites for hydroxylation is 3. The van der Waals surface area contributed by atoms with Gasteiger partial charge in [0, 0.05) is 18.1 Å². The van der Waals surface area contributed by atoms with Gasteiger partial charge in [-0.2, -0.15) is 5.10 Å². The molecule has 0 bridgehead atoms. The normalized spacial score (nSPS) is 12.7. The molecule has 3 N–H and O–H groups in total. The van der Waals surface area contributed by atoms with Gasteiger partial charge in [0.25, 0.3) is 0 Å². The van der Waals surface area contributed by atoms with E-state index < -0.39 is 0 Å². The lowest BCUT2D eigenvalue weighted by molar-refractivity contribution is 0.733. The van der Waals surface area contributed by atoms with Crippen LogP contribution in [0.3, 0.4) is 0 Å². The zero-order chi connectivity index (χ0) is 13.3. The van der Waals surface area contributed by atoms with E-state index in [1.165, 1.54) is 4.88 Å². The number of hydrogen-bond donors (Lipinski definition) is 2. The number of aromatic nitrogens is 3. The molecule has 1 unspecified atom stereocenters. The first-order valence-electron chi connectivity index (χ1n) is 6.03. The molecule has 0 aliphatic carbocycles. The second-order valence-corrected chi connectivity index (χ2v) is 5.63. The minimum Gasteiger partial charge on any atom is -0.394 e. The third kappa shape index (κ3) is 2.33. The highest BCUT2D eigenvalue weighted by atomic mass is 32.1. The van der Waals surface area contributed by atoms with E-state index in [-0.39, 0.29) is 6.04 Å². The second kappa shape index (κ2) is 4.97. The molecule has 0 aliphatic rings. The molecule has 6 heteroatoms. The lowest BCUT2D eigenvalue weighted by Gasteiger charge is -2.13. The Balaban J connectivity index is 2.21. The van der Waals surface area contributed by atoms with Crippen molar-refractivity contribution < 1.29 is 0 Å². The van der Waals surface area contributed by atoms with Crippen LogP contribution in [-0.2, 0) is 13.5 Å². The van der Waals surface area contributed by atoms with Gasteiger partial charge in [0.15, 0.2) is 0 Å². The highest BCUT2D eigenvalue weighted by Gasteiger charge is 2.16. The molecule has 0 saturated heterocycles. The molecular weight excluding hydrogens is 246 g/mol. The molecule has 2 aromatic rings. The Morgan fingerprint density at radius 3 is 2.78 bits per heavy atom. The number of nitrogens with zero attached hydrogens (tertiary/aromatic N) is 3. The molecule has 2 aromatic heterocycles. The summed E-state index contributed by atoms with van der Waals surface area (Å²) in [4.78, 5) is 5.60. The fourth-order valence-electron chi connectivity index (χ4n) is 1.87. The predicted octanol–water partition coefficient (Wildman–Crippen LogP) is 2.50. The molecule has 2 heterocycles. The zero-order valence-corrected chi connectivity index (χ0v) is 12.0. The molecule has 2 rings (SSSR count). The smallest absolute Gasteiger partial charge is 0.148 e. The number of thiazole rings is 1. The van der Waals surface area contributed by atoms with Crippen LogP contribution in [0.5, 0.6) is 0 Å². The highest BCUT2D eigenvalue weighted by Crippen LogP contribution is 2.28. The van der Waals surface area contributed by atoms with E-state index in [0.29, 0.717) is 0 Å². The van der Waals surface area contributed by atoms with E-state index in [0.717, 1.165) is 28.6 Å². The first-order valence-corrected chi connectivity index (χ1v) is 6.84. The first kappa shape index (κ1) is 12.9. The third-order valence-corrected chi connectivity index (χ3v) is 3.95. The van der Waals surface area contributed by atoms with Gasteiger partial charge < -0.3 is 11.1 Å². The Kier molecular flexibility index (Phi) is 3.56. The van der Waals surface area contributed by atoms with E-state index in [4.69, 9.17) is 5.73 Å². The van der Waals surface area contributed by atoms with Crippen LogP contribution in [0.15, 0.2) is 6.20 Å². The minimum absolute atomic E-state index is 0.131. The van der Waals surface area contributed by atoms with E-state index in [1.807, 2.05) is 13.2 Å². The Bertz CT molecular complexity index is 543. The molecule has 0 spiro atoms. The number of rotatable bonds is 4. The number of anilines is 2. The Labute approximate surface area is 111 Å². The highest BCUT2D eigenvalue weighted by molar-refractivity contribution is 7.11. The molecule has 0 fully saturated rings. The number of nitrogen functional groups attached to an aromatic ring is 1. The standard InChI is InChI=1S/C12H19N5S/c1-5-9-10(13)11(17(4)16-9)15-8(3)12-14-6-7(2)18-12/h6,8,15H,5,13H2,1-4H3. The average Bonchev–Trinajstić information content (AvgIpc) is 2.87. The topological polar surface area (TPSA) is 68.8 Å². The van der Waals surface area contributed by atoms with Crippen LogP contribution in [-0.4, -0.2) is 14.8 Å². The van der Waals surface area contributed by atoms with Crippen LogP contribution >= 0.6 is 11.3 Å². The van der Waals surface area contributed by atoms with Gasteiger partial charge in [0.1, 0.15) is 10.8 Å². The van der Waals surface area contributed by atoms with Crippen molar-refractivity contribution in [3.05, 3.63) is 21.8 Å². The zero-order valence-electron chi connectivity index (χ0n) is 11.2. The van der Waals surface area contributed by atoms with Gasteiger partial charge in [-0.25, -0.2) is 4.98 Å². The first-order chi connectivity index (χ1) is 8.52. The summed E-state index contributed by atoms with van der Waals surface area (Å²) in [7, 11) is 1.90. The maximum atomic E-state index is 6.08. The quantitative estimate of drug-likeness (QED) is 0.891. The van der Waals surface area contributed by atoms with E-state index in [9.17, 15) is 0 Å². The summed E-state index contributed by atoms with van der Waals surface area (Å²) in [5.41, 5.74) is 7.75. The van der Waals surface area contributed by atoms with Crippen molar-refractivity contribution in [2.24, 2.45) is 7.05 Å². The van der Waals surface area contributed by atoms with E-state index >= 15 is 0 Å². The van der Waals surface area contributed by atoms with E-state index in [2.05, 4.69) is 36.2 Å². The average molecular weight is 265 g/mol. The summed E-state index contributed by atoms with van der Waals surface area (Å²) in [6.07, 6.45) is 2.73. The summed E-state index contributed by atoms with van der Waals surface area (Å²) in [5, 5.41) is 8.84. The van der Waals surface area contributed by atoms with Crippen LogP contribution in [0, 0.1) is 6.92 Å². The summed E-state index contributed by atoms with van der Waals surface area (Å²) in [6.45, 7) is 6.19. The van der Waals surface area contributed by atoms with Crippen molar-refractivity contribution in [3.8, 4) is 0 Å². The molecule has 0 saturated carbocycles. The fraction of sp³-hybridized carbons (Fsp3) is 0.500. The Morgan fingerprint density at radius 2 is 2.28 bits per heavy atom. The molecular formula is C12H19N5S. The third-order valence-electron chi connectivity index (χ3n) is 2.86. The van der Waals surface area contributed by atoms with Gasteiger partial charge in [0.2, 0.25) is 0 Å². The molecule has 0 aromatic carbocycles. The molecule has 0 amide bonds. The number of nitrogens with one attached hydrogen (secondary N) is 1. The Hall–Kier alpha value is -1.56. The monoisotopic (exact) mass is 265 g/mol. The SMILES string of the molecule is CCc1nn(C)c(NC(C)c2ncc(C)s2)c1N. The van der Waals surface area contributed by atoms with Crippen LogP contribution in [0.1, 0.15) is 35.5 Å². The summed E-state index contributed by atoms with van der Waals surface area (Å²) in [6, 6.07) is 0.131. The summed E-state index contributed by atoms with van der Waals surface area (Å²) in [5.74, 6) is 0.868. The minimum atomic E-state index is 0.131. The van der Waals surface area contributed by atoms with Crippen LogP contribution in [0.25, 0.3) is 0 Å². The van der Waals surface area contributed by atoms with Crippen molar-refractivity contribution in [1.82, 2.24) is 14.8 Å². The van der Waals surface area contributed by atoms with Gasteiger partial charge in [0.05, 0.1) is 17.4 Å². The van der Waals surface area contributed by atoms with Gasteiger partial charge in [-0.05, 0) is 20.3 Å². The van der Waals surface area contributed by atoms with Crippen LogP contribution in [0.2, 0.25) is 0 Å². The molecule has 18 heavy (non-hydrogen) atoms. The molecule has 98 valence electrons. The van der Waals surface area contributed by atoms with Crippen molar-refractivity contribution in [2.45, 2.75) is 33.2 Å². The summed E-state index contributed by atoms with van der Waals surface area (Å²) >= 11 is 1.70. The largest absolute Gasteiger partial charge is 0.394 e. The van der Waals surface area contributed by atoms with Crippen LogP contribution in [0.4, 0.5) is 11.5 Å². The van der Waals surface area contributed by atoms with E-state index in [1.54, 1.807) is 16.0 Å².